The molecule has 1 aliphatic rings. The molecule has 4 nitrogen and oxygen atoms in total. The summed E-state index contributed by atoms with van der Waals surface area (Å²) in [6.07, 6.45) is 1.76. The van der Waals surface area contributed by atoms with Gasteiger partial charge in [0.05, 0.1) is 12.1 Å². The number of hydrazine groups is 1. The molecule has 0 amide bonds. The zero-order valence-corrected chi connectivity index (χ0v) is 10.4. The standard InChI is InChI=1S/C13H16FN3O/c1-9-7-12(16-8-13(9,2)17-15)18-11-6-4-3-5-10(11)14/h3-7,17H,8,15H2,1-2H3. The van der Waals surface area contributed by atoms with Gasteiger partial charge in [-0.3, -0.25) is 5.84 Å². The lowest BCUT2D eigenvalue weighted by molar-refractivity contribution is 0.417. The van der Waals surface area contributed by atoms with Crippen molar-refractivity contribution in [2.75, 3.05) is 6.54 Å². The number of nitrogens with two attached hydrogens (primary N) is 1. The van der Waals surface area contributed by atoms with E-state index >= 15 is 0 Å². The van der Waals surface area contributed by atoms with Gasteiger partial charge in [0.15, 0.2) is 11.6 Å². The van der Waals surface area contributed by atoms with Crippen LogP contribution in [0.5, 0.6) is 5.75 Å². The molecule has 1 aromatic rings. The molecule has 1 unspecified atom stereocenters. The number of benzene rings is 1. The van der Waals surface area contributed by atoms with Crippen LogP contribution in [0.3, 0.4) is 0 Å². The second kappa shape index (κ2) is 4.88. The lowest BCUT2D eigenvalue weighted by Gasteiger charge is -2.31. The van der Waals surface area contributed by atoms with E-state index in [2.05, 4.69) is 10.4 Å². The molecule has 0 spiro atoms. The van der Waals surface area contributed by atoms with Gasteiger partial charge in [0.25, 0.3) is 0 Å². The number of halogens is 1. The van der Waals surface area contributed by atoms with E-state index in [0.717, 1.165) is 5.57 Å². The molecule has 2 rings (SSSR count). The van der Waals surface area contributed by atoms with Crippen LogP contribution in [-0.4, -0.2) is 18.0 Å². The van der Waals surface area contributed by atoms with Gasteiger partial charge >= 0.3 is 0 Å². The number of para-hydroxylation sites is 1. The van der Waals surface area contributed by atoms with E-state index in [9.17, 15) is 4.39 Å². The highest BCUT2D eigenvalue weighted by molar-refractivity contribution is 5.91. The molecular formula is C13H16FN3O. The van der Waals surface area contributed by atoms with Crippen LogP contribution in [0.1, 0.15) is 13.8 Å². The van der Waals surface area contributed by atoms with Crippen LogP contribution < -0.4 is 16.0 Å². The predicted molar refractivity (Wildman–Crippen MR) is 68.8 cm³/mol. The summed E-state index contributed by atoms with van der Waals surface area (Å²) in [6, 6.07) is 6.24. The van der Waals surface area contributed by atoms with Crippen LogP contribution in [0.2, 0.25) is 0 Å². The molecule has 1 aliphatic heterocycles. The minimum atomic E-state index is -0.406. The van der Waals surface area contributed by atoms with Crippen LogP contribution in [-0.2, 0) is 0 Å². The maximum atomic E-state index is 13.4. The number of aliphatic imine (C=N–C) groups is 1. The van der Waals surface area contributed by atoms with E-state index in [-0.39, 0.29) is 11.3 Å². The van der Waals surface area contributed by atoms with Crippen LogP contribution in [0.4, 0.5) is 4.39 Å². The fourth-order valence-corrected chi connectivity index (χ4v) is 1.61. The Morgan fingerprint density at radius 2 is 2.17 bits per heavy atom. The zero-order valence-electron chi connectivity index (χ0n) is 10.4. The molecule has 0 bridgehead atoms. The number of nitrogens with zero attached hydrogens (tertiary/aromatic N) is 1. The Bertz CT molecular complexity index is 513. The van der Waals surface area contributed by atoms with Crippen LogP contribution >= 0.6 is 0 Å². The summed E-state index contributed by atoms with van der Waals surface area (Å²) in [5.74, 6) is 5.65. The summed E-state index contributed by atoms with van der Waals surface area (Å²) in [7, 11) is 0. The molecule has 0 saturated carbocycles. The Kier molecular flexibility index (Phi) is 3.45. The smallest absolute Gasteiger partial charge is 0.214 e. The molecule has 1 atom stereocenters. The lowest BCUT2D eigenvalue weighted by atomic mass is 9.92. The van der Waals surface area contributed by atoms with Gasteiger partial charge in [-0.1, -0.05) is 12.1 Å². The summed E-state index contributed by atoms with van der Waals surface area (Å²) in [5.41, 5.74) is 3.34. The normalized spacial score (nSPS) is 23.3. The first-order chi connectivity index (χ1) is 8.55. The number of hydrogen-bond donors (Lipinski definition) is 2. The average Bonchev–Trinajstić information content (AvgIpc) is 2.37. The number of hydrogen-bond acceptors (Lipinski definition) is 4. The Balaban J connectivity index is 2.17. The van der Waals surface area contributed by atoms with E-state index in [1.165, 1.54) is 6.07 Å². The highest BCUT2D eigenvalue weighted by atomic mass is 19.1. The minimum Gasteiger partial charge on any atom is -0.436 e. The van der Waals surface area contributed by atoms with Crippen molar-refractivity contribution in [3.8, 4) is 5.75 Å². The third kappa shape index (κ3) is 2.42. The highest BCUT2D eigenvalue weighted by Crippen LogP contribution is 2.22. The summed E-state index contributed by atoms with van der Waals surface area (Å²) >= 11 is 0. The van der Waals surface area contributed by atoms with Crippen molar-refractivity contribution >= 4 is 5.90 Å². The number of dihydropyridines is 1. The van der Waals surface area contributed by atoms with Gasteiger partial charge in [-0.05, 0) is 31.6 Å². The van der Waals surface area contributed by atoms with Crippen LogP contribution in [0, 0.1) is 5.82 Å². The summed E-state index contributed by atoms with van der Waals surface area (Å²) in [6.45, 7) is 4.33. The maximum Gasteiger partial charge on any atom is 0.214 e. The molecule has 0 fully saturated rings. The van der Waals surface area contributed by atoms with Gasteiger partial charge in [-0.15, -0.1) is 0 Å². The van der Waals surface area contributed by atoms with Gasteiger partial charge in [-0.2, -0.15) is 0 Å². The van der Waals surface area contributed by atoms with Gasteiger partial charge in [0.2, 0.25) is 5.90 Å². The zero-order chi connectivity index (χ0) is 13.2. The largest absolute Gasteiger partial charge is 0.436 e. The van der Waals surface area contributed by atoms with E-state index in [1.54, 1.807) is 24.3 Å². The Morgan fingerprint density at radius 1 is 1.44 bits per heavy atom. The summed E-state index contributed by atoms with van der Waals surface area (Å²) in [5, 5.41) is 0. The Morgan fingerprint density at radius 3 is 2.78 bits per heavy atom. The summed E-state index contributed by atoms with van der Waals surface area (Å²) in [4.78, 5) is 4.25. The number of rotatable bonds is 2. The lowest BCUT2D eigenvalue weighted by Crippen LogP contribution is -2.51. The molecule has 0 saturated heterocycles. The Hall–Kier alpha value is -1.72. The third-order valence-electron chi connectivity index (χ3n) is 3.13. The van der Waals surface area contributed by atoms with E-state index in [1.807, 2.05) is 13.8 Å². The quantitative estimate of drug-likeness (QED) is 0.620. The van der Waals surface area contributed by atoms with Gasteiger partial charge in [0, 0.05) is 6.08 Å². The molecule has 1 heterocycles. The van der Waals surface area contributed by atoms with Crippen molar-refractivity contribution in [1.82, 2.24) is 5.43 Å². The Labute approximate surface area is 105 Å². The first-order valence-electron chi connectivity index (χ1n) is 5.68. The third-order valence-corrected chi connectivity index (χ3v) is 3.13. The number of ether oxygens (including phenoxy) is 1. The molecule has 5 heteroatoms. The highest BCUT2D eigenvalue weighted by Gasteiger charge is 2.28. The van der Waals surface area contributed by atoms with E-state index in [4.69, 9.17) is 10.6 Å². The molecule has 18 heavy (non-hydrogen) atoms. The van der Waals surface area contributed by atoms with Crippen molar-refractivity contribution in [1.29, 1.82) is 0 Å². The average molecular weight is 249 g/mol. The fraction of sp³-hybridized carbons (Fsp3) is 0.308. The van der Waals surface area contributed by atoms with Crippen molar-refractivity contribution < 1.29 is 9.13 Å². The SMILES string of the molecule is CC1=CC(Oc2ccccc2F)=NCC1(C)NN. The predicted octanol–water partition coefficient (Wildman–Crippen LogP) is 1.78. The first-order valence-corrected chi connectivity index (χ1v) is 5.68. The maximum absolute atomic E-state index is 13.4. The molecular weight excluding hydrogens is 233 g/mol. The minimum absolute atomic E-state index is 0.171. The molecule has 1 aromatic carbocycles. The van der Waals surface area contributed by atoms with Crippen LogP contribution in [0.15, 0.2) is 40.9 Å². The monoisotopic (exact) mass is 249 g/mol. The van der Waals surface area contributed by atoms with Crippen molar-refractivity contribution in [3.05, 3.63) is 41.7 Å². The van der Waals surface area contributed by atoms with E-state index < -0.39 is 5.82 Å². The van der Waals surface area contributed by atoms with Gasteiger partial charge < -0.3 is 4.74 Å². The topological polar surface area (TPSA) is 59.6 Å². The molecule has 0 aliphatic carbocycles. The molecule has 0 aromatic heterocycles. The summed E-state index contributed by atoms with van der Waals surface area (Å²) < 4.78 is 18.9. The van der Waals surface area contributed by atoms with Gasteiger partial charge in [0.1, 0.15) is 0 Å². The fourth-order valence-electron chi connectivity index (χ4n) is 1.61. The first kappa shape index (κ1) is 12.7. The molecule has 96 valence electrons. The molecule has 0 radical (unpaired) electrons. The second-order valence-electron chi connectivity index (χ2n) is 4.49. The second-order valence-corrected chi connectivity index (χ2v) is 4.49. The van der Waals surface area contributed by atoms with Crippen molar-refractivity contribution in [2.45, 2.75) is 19.4 Å². The van der Waals surface area contributed by atoms with Crippen molar-refractivity contribution in [2.24, 2.45) is 10.8 Å². The molecule has 3 N–H and O–H groups in total. The van der Waals surface area contributed by atoms with Gasteiger partial charge in [-0.25, -0.2) is 14.8 Å². The van der Waals surface area contributed by atoms with Crippen LogP contribution in [0.25, 0.3) is 0 Å². The van der Waals surface area contributed by atoms with E-state index in [0.29, 0.717) is 12.4 Å². The number of nitrogens with one attached hydrogen (secondary N) is 1. The van der Waals surface area contributed by atoms with Crippen molar-refractivity contribution in [3.63, 3.8) is 0 Å².